The van der Waals surface area contributed by atoms with Gasteiger partial charge in [0, 0.05) is 17.1 Å². The lowest BCUT2D eigenvalue weighted by atomic mass is 10.1. The molecule has 0 unspecified atom stereocenters. The zero-order valence-electron chi connectivity index (χ0n) is 11.8. The monoisotopic (exact) mass is 292 g/mol. The fraction of sp³-hybridized carbons (Fsp3) is 0.0625. The van der Waals surface area contributed by atoms with Crippen LogP contribution >= 0.6 is 0 Å². The van der Waals surface area contributed by atoms with Crippen LogP contribution in [0, 0.1) is 6.92 Å². The lowest BCUT2D eigenvalue weighted by Crippen LogP contribution is -2.20. The summed E-state index contributed by atoms with van der Waals surface area (Å²) in [6.45, 7) is 1.98. The number of carbonyl (C=O) groups is 1. The van der Waals surface area contributed by atoms with Crippen LogP contribution in [-0.2, 0) is 0 Å². The van der Waals surface area contributed by atoms with Crippen LogP contribution in [0.3, 0.4) is 0 Å². The molecule has 2 aromatic carbocycles. The molecular formula is C16H12N4O2. The van der Waals surface area contributed by atoms with Gasteiger partial charge >= 0.3 is 5.97 Å². The van der Waals surface area contributed by atoms with E-state index in [0.717, 1.165) is 21.3 Å². The van der Waals surface area contributed by atoms with Crippen molar-refractivity contribution < 1.29 is 9.63 Å². The van der Waals surface area contributed by atoms with Crippen LogP contribution in [0.1, 0.15) is 15.9 Å². The molecule has 2 heterocycles. The van der Waals surface area contributed by atoms with Crippen LogP contribution in [0.25, 0.3) is 21.9 Å². The van der Waals surface area contributed by atoms with Crippen molar-refractivity contribution in [1.29, 1.82) is 0 Å². The first-order valence-corrected chi connectivity index (χ1v) is 6.83. The van der Waals surface area contributed by atoms with Gasteiger partial charge in [-0.15, -0.1) is 5.10 Å². The number of fused-ring (bicyclic) bond motifs is 2. The maximum atomic E-state index is 12.4. The van der Waals surface area contributed by atoms with Crippen molar-refractivity contribution in [2.45, 2.75) is 6.92 Å². The fourth-order valence-corrected chi connectivity index (χ4v) is 2.45. The number of hydrogen-bond donors (Lipinski definition) is 1. The van der Waals surface area contributed by atoms with Crippen molar-refractivity contribution >= 4 is 27.9 Å². The highest BCUT2D eigenvalue weighted by Crippen LogP contribution is 2.20. The average Bonchev–Trinajstić information content (AvgIpc) is 3.11. The molecule has 0 atom stereocenters. The molecule has 0 bridgehead atoms. The number of nitrogens with zero attached hydrogens (tertiary/aromatic N) is 3. The number of aromatic amines is 1. The Labute approximate surface area is 125 Å². The summed E-state index contributed by atoms with van der Waals surface area (Å²) in [7, 11) is 0. The standard InChI is InChI=1S/C16H12N4O2/c1-10-6-7-13-11(8-10)12(9-17-13)16(21)22-20-15-5-3-2-4-14(15)18-19-20/h2-9,17H,1H3. The fourth-order valence-electron chi connectivity index (χ4n) is 2.45. The van der Waals surface area contributed by atoms with E-state index >= 15 is 0 Å². The summed E-state index contributed by atoms with van der Waals surface area (Å²) < 4.78 is 0. The number of H-pyrrole nitrogens is 1. The molecule has 22 heavy (non-hydrogen) atoms. The number of aromatic nitrogens is 4. The van der Waals surface area contributed by atoms with E-state index in [0.29, 0.717) is 16.6 Å². The second-order valence-electron chi connectivity index (χ2n) is 5.08. The molecule has 4 rings (SSSR count). The largest absolute Gasteiger partial charge is 0.367 e. The van der Waals surface area contributed by atoms with E-state index in [2.05, 4.69) is 15.3 Å². The van der Waals surface area contributed by atoms with Gasteiger partial charge in [-0.2, -0.15) is 0 Å². The van der Waals surface area contributed by atoms with Gasteiger partial charge in [-0.25, -0.2) is 4.79 Å². The third kappa shape index (κ3) is 1.93. The van der Waals surface area contributed by atoms with Crippen molar-refractivity contribution in [2.75, 3.05) is 0 Å². The summed E-state index contributed by atoms with van der Waals surface area (Å²) in [5.74, 6) is -0.479. The van der Waals surface area contributed by atoms with Crippen LogP contribution < -0.4 is 4.84 Å². The molecule has 0 aliphatic carbocycles. The van der Waals surface area contributed by atoms with Gasteiger partial charge in [0.05, 0.1) is 5.56 Å². The average molecular weight is 292 g/mol. The highest BCUT2D eigenvalue weighted by molar-refractivity contribution is 6.04. The zero-order chi connectivity index (χ0) is 15.1. The number of nitrogens with one attached hydrogen (secondary N) is 1. The molecule has 0 radical (unpaired) electrons. The van der Waals surface area contributed by atoms with Crippen LogP contribution in [0.2, 0.25) is 0 Å². The second-order valence-corrected chi connectivity index (χ2v) is 5.08. The number of rotatable bonds is 2. The number of benzene rings is 2. The maximum absolute atomic E-state index is 12.4. The number of carbonyl (C=O) groups excluding carboxylic acids is 1. The van der Waals surface area contributed by atoms with Gasteiger partial charge in [-0.1, -0.05) is 28.6 Å². The molecule has 0 saturated heterocycles. The first-order valence-electron chi connectivity index (χ1n) is 6.83. The lowest BCUT2D eigenvalue weighted by molar-refractivity contribution is 0.0411. The van der Waals surface area contributed by atoms with Crippen LogP contribution in [-0.4, -0.2) is 26.1 Å². The predicted octanol–water partition coefficient (Wildman–Crippen LogP) is 2.49. The lowest BCUT2D eigenvalue weighted by Gasteiger charge is -2.02. The van der Waals surface area contributed by atoms with E-state index in [-0.39, 0.29) is 0 Å². The summed E-state index contributed by atoms with van der Waals surface area (Å²) in [5, 5.41) is 8.64. The van der Waals surface area contributed by atoms with E-state index in [1.165, 1.54) is 0 Å². The summed E-state index contributed by atoms with van der Waals surface area (Å²) in [6, 6.07) is 13.2. The van der Waals surface area contributed by atoms with E-state index in [1.54, 1.807) is 12.3 Å². The van der Waals surface area contributed by atoms with E-state index in [1.807, 2.05) is 43.3 Å². The van der Waals surface area contributed by atoms with Crippen molar-refractivity contribution in [1.82, 2.24) is 20.1 Å². The highest BCUT2D eigenvalue weighted by atomic mass is 16.7. The van der Waals surface area contributed by atoms with E-state index in [9.17, 15) is 4.79 Å². The minimum atomic E-state index is -0.479. The van der Waals surface area contributed by atoms with Crippen LogP contribution in [0.15, 0.2) is 48.7 Å². The molecule has 0 amide bonds. The number of para-hydroxylation sites is 1. The number of aryl methyl sites for hydroxylation is 1. The maximum Gasteiger partial charge on any atom is 0.367 e. The molecule has 0 aliphatic rings. The second kappa shape index (κ2) is 4.70. The third-order valence-corrected chi connectivity index (χ3v) is 3.55. The molecule has 4 aromatic rings. The quantitative estimate of drug-likeness (QED) is 0.576. The Morgan fingerprint density at radius 1 is 1.23 bits per heavy atom. The van der Waals surface area contributed by atoms with Gasteiger partial charge in [0.25, 0.3) is 0 Å². The Balaban J connectivity index is 1.73. The Hall–Kier alpha value is -3.15. The Morgan fingerprint density at radius 3 is 3.00 bits per heavy atom. The van der Waals surface area contributed by atoms with E-state index in [4.69, 9.17) is 4.84 Å². The molecular weight excluding hydrogens is 280 g/mol. The normalized spacial score (nSPS) is 11.1. The first kappa shape index (κ1) is 12.6. The summed E-state index contributed by atoms with van der Waals surface area (Å²) in [5.41, 5.74) is 3.75. The minimum absolute atomic E-state index is 0.471. The zero-order valence-corrected chi connectivity index (χ0v) is 11.8. The molecule has 6 nitrogen and oxygen atoms in total. The highest BCUT2D eigenvalue weighted by Gasteiger charge is 2.16. The van der Waals surface area contributed by atoms with E-state index < -0.39 is 5.97 Å². The van der Waals surface area contributed by atoms with Gasteiger partial charge in [0.1, 0.15) is 11.0 Å². The smallest absolute Gasteiger partial charge is 0.360 e. The summed E-state index contributed by atoms with van der Waals surface area (Å²) >= 11 is 0. The summed E-state index contributed by atoms with van der Waals surface area (Å²) in [6.07, 6.45) is 1.64. The number of hydrogen-bond acceptors (Lipinski definition) is 4. The molecule has 0 fully saturated rings. The van der Waals surface area contributed by atoms with Crippen molar-refractivity contribution in [3.05, 3.63) is 59.8 Å². The van der Waals surface area contributed by atoms with Gasteiger partial charge in [-0.05, 0) is 36.4 Å². The Bertz CT molecular complexity index is 1000. The molecule has 6 heteroatoms. The third-order valence-electron chi connectivity index (χ3n) is 3.55. The Kier molecular flexibility index (Phi) is 2.69. The van der Waals surface area contributed by atoms with Gasteiger partial charge in [0.2, 0.25) is 0 Å². The predicted molar refractivity (Wildman–Crippen MR) is 81.5 cm³/mol. The van der Waals surface area contributed by atoms with Crippen molar-refractivity contribution in [2.24, 2.45) is 0 Å². The molecule has 0 saturated carbocycles. The van der Waals surface area contributed by atoms with Gasteiger partial charge < -0.3 is 9.82 Å². The molecule has 108 valence electrons. The molecule has 0 spiro atoms. The molecule has 0 aliphatic heterocycles. The van der Waals surface area contributed by atoms with Crippen LogP contribution in [0.4, 0.5) is 0 Å². The Morgan fingerprint density at radius 2 is 2.09 bits per heavy atom. The SMILES string of the molecule is Cc1ccc2[nH]cc(C(=O)On3nnc4ccccc43)c2c1. The van der Waals surface area contributed by atoms with Crippen molar-refractivity contribution in [3.8, 4) is 0 Å². The van der Waals surface area contributed by atoms with Gasteiger partial charge in [0.15, 0.2) is 0 Å². The minimum Gasteiger partial charge on any atom is -0.360 e. The van der Waals surface area contributed by atoms with Crippen molar-refractivity contribution in [3.63, 3.8) is 0 Å². The topological polar surface area (TPSA) is 72.8 Å². The summed E-state index contributed by atoms with van der Waals surface area (Å²) in [4.78, 5) is 22.0. The van der Waals surface area contributed by atoms with Gasteiger partial charge in [-0.3, -0.25) is 0 Å². The first-order chi connectivity index (χ1) is 10.7. The van der Waals surface area contributed by atoms with Crippen LogP contribution in [0.5, 0.6) is 0 Å². The molecule has 1 N–H and O–H groups in total. The molecule has 2 aromatic heterocycles.